The zero-order chi connectivity index (χ0) is 20.0. The van der Waals surface area contributed by atoms with E-state index in [2.05, 4.69) is 20.8 Å². The maximum absolute atomic E-state index is 13.1. The highest BCUT2D eigenvalue weighted by atomic mass is 16.2. The zero-order valence-corrected chi connectivity index (χ0v) is 17.4. The molecule has 1 aromatic heterocycles. The fourth-order valence-corrected chi connectivity index (χ4v) is 3.50. The van der Waals surface area contributed by atoms with Gasteiger partial charge in [-0.25, -0.2) is 4.98 Å². The van der Waals surface area contributed by atoms with Crippen LogP contribution < -0.4 is 5.56 Å². The van der Waals surface area contributed by atoms with E-state index in [4.69, 9.17) is 4.98 Å². The lowest BCUT2D eigenvalue weighted by atomic mass is 10.1. The van der Waals surface area contributed by atoms with Crippen LogP contribution in [0.1, 0.15) is 72.2 Å². The molecule has 0 bridgehead atoms. The highest BCUT2D eigenvalue weighted by Crippen LogP contribution is 2.26. The first kappa shape index (κ1) is 21.1. The second-order valence-electron chi connectivity index (χ2n) is 7.41. The predicted octanol–water partition coefficient (Wildman–Crippen LogP) is 4.54. The van der Waals surface area contributed by atoms with E-state index in [9.17, 15) is 9.59 Å². The third-order valence-electron chi connectivity index (χ3n) is 4.93. The number of amides is 1. The van der Waals surface area contributed by atoms with Crippen LogP contribution in [0.5, 0.6) is 0 Å². The van der Waals surface area contributed by atoms with Gasteiger partial charge in [0.05, 0.1) is 16.9 Å². The second kappa shape index (κ2) is 9.67. The first-order valence-corrected chi connectivity index (χ1v) is 10.3. The number of hydrogen-bond donors (Lipinski definition) is 0. The van der Waals surface area contributed by atoms with E-state index < -0.39 is 0 Å². The highest BCUT2D eigenvalue weighted by molar-refractivity contribution is 5.79. The largest absolute Gasteiger partial charge is 0.332 e. The molecule has 5 heteroatoms. The van der Waals surface area contributed by atoms with Crippen LogP contribution >= 0.6 is 0 Å². The summed E-state index contributed by atoms with van der Waals surface area (Å²) in [4.78, 5) is 32.9. The van der Waals surface area contributed by atoms with Crippen molar-refractivity contribution in [1.82, 2.24) is 14.5 Å². The van der Waals surface area contributed by atoms with E-state index in [0.717, 1.165) is 25.7 Å². The Morgan fingerprint density at radius 1 is 1.15 bits per heavy atom. The van der Waals surface area contributed by atoms with E-state index in [1.54, 1.807) is 4.57 Å². The molecule has 0 radical (unpaired) electrons. The van der Waals surface area contributed by atoms with Crippen molar-refractivity contribution in [2.24, 2.45) is 5.92 Å². The number of aromatic nitrogens is 2. The van der Waals surface area contributed by atoms with Crippen molar-refractivity contribution >= 4 is 16.8 Å². The number of benzene rings is 1. The van der Waals surface area contributed by atoms with E-state index in [0.29, 0.717) is 29.8 Å². The molecule has 0 aliphatic heterocycles. The molecular weight excluding hydrogens is 338 g/mol. The first-order chi connectivity index (χ1) is 13.0. The zero-order valence-electron chi connectivity index (χ0n) is 17.4. The Balaban J connectivity index is 2.65. The minimum Gasteiger partial charge on any atom is -0.332 e. The van der Waals surface area contributed by atoms with E-state index in [1.165, 1.54) is 0 Å². The number of fused-ring (bicyclic) bond motifs is 1. The highest BCUT2D eigenvalue weighted by Gasteiger charge is 2.29. The van der Waals surface area contributed by atoms with Crippen LogP contribution in [0, 0.1) is 5.92 Å². The van der Waals surface area contributed by atoms with Crippen molar-refractivity contribution in [3.8, 4) is 0 Å². The van der Waals surface area contributed by atoms with Crippen LogP contribution in [0.4, 0.5) is 0 Å². The molecular formula is C22H33N3O2. The first-order valence-electron chi connectivity index (χ1n) is 10.3. The molecule has 1 aromatic carbocycles. The number of carbonyl (C=O) groups excluding carboxylic acids is 1. The van der Waals surface area contributed by atoms with Crippen molar-refractivity contribution < 1.29 is 4.79 Å². The standard InChI is InChI=1S/C22H33N3O2/c1-6-9-15-24(21(26)16(4)5)19(8-3)20-23-18-13-11-10-12-17(18)22(27)25(20)14-7-2/h10-13,16,19H,6-9,14-15H2,1-5H3. The van der Waals surface area contributed by atoms with Crippen LogP contribution in [0.15, 0.2) is 29.1 Å². The van der Waals surface area contributed by atoms with Gasteiger partial charge in [0, 0.05) is 19.0 Å². The van der Waals surface area contributed by atoms with Gasteiger partial charge in [-0.1, -0.05) is 53.2 Å². The number of para-hydroxylation sites is 1. The van der Waals surface area contributed by atoms with Crippen LogP contribution in [0.2, 0.25) is 0 Å². The number of rotatable bonds is 9. The molecule has 2 rings (SSSR count). The van der Waals surface area contributed by atoms with Crippen LogP contribution in [0.3, 0.4) is 0 Å². The van der Waals surface area contributed by atoms with E-state index in [-0.39, 0.29) is 23.4 Å². The fourth-order valence-electron chi connectivity index (χ4n) is 3.50. The molecule has 0 saturated carbocycles. The lowest BCUT2D eigenvalue weighted by molar-refractivity contribution is -0.137. The summed E-state index contributed by atoms with van der Waals surface area (Å²) in [5.74, 6) is 0.761. The summed E-state index contributed by atoms with van der Waals surface area (Å²) in [6.07, 6.45) is 3.54. The summed E-state index contributed by atoms with van der Waals surface area (Å²) >= 11 is 0. The SMILES string of the molecule is CCCCN(C(=O)C(C)C)C(CC)c1nc2ccccc2c(=O)n1CCC. The molecule has 0 aliphatic rings. The summed E-state index contributed by atoms with van der Waals surface area (Å²) in [7, 11) is 0. The number of carbonyl (C=O) groups is 1. The maximum Gasteiger partial charge on any atom is 0.261 e. The molecule has 148 valence electrons. The third kappa shape index (κ3) is 4.57. The minimum absolute atomic E-state index is 0.0108. The van der Waals surface area contributed by atoms with Gasteiger partial charge in [-0.05, 0) is 31.4 Å². The average Bonchev–Trinajstić information content (AvgIpc) is 2.67. The van der Waals surface area contributed by atoms with Crippen molar-refractivity contribution in [3.63, 3.8) is 0 Å². The Labute approximate surface area is 162 Å². The molecule has 2 aromatic rings. The smallest absolute Gasteiger partial charge is 0.261 e. The maximum atomic E-state index is 13.1. The Bertz CT molecular complexity index is 826. The Morgan fingerprint density at radius 2 is 1.85 bits per heavy atom. The van der Waals surface area contributed by atoms with Gasteiger partial charge in [0.25, 0.3) is 5.56 Å². The molecule has 1 heterocycles. The topological polar surface area (TPSA) is 55.2 Å². The van der Waals surface area contributed by atoms with Gasteiger partial charge in [-0.15, -0.1) is 0 Å². The molecule has 27 heavy (non-hydrogen) atoms. The summed E-state index contributed by atoms with van der Waals surface area (Å²) in [5.41, 5.74) is 0.694. The third-order valence-corrected chi connectivity index (χ3v) is 4.93. The van der Waals surface area contributed by atoms with Crippen LogP contribution in [-0.2, 0) is 11.3 Å². The van der Waals surface area contributed by atoms with Gasteiger partial charge >= 0.3 is 0 Å². The predicted molar refractivity (Wildman–Crippen MR) is 111 cm³/mol. The van der Waals surface area contributed by atoms with E-state index >= 15 is 0 Å². The van der Waals surface area contributed by atoms with Crippen LogP contribution in [0.25, 0.3) is 10.9 Å². The van der Waals surface area contributed by atoms with Crippen molar-refractivity contribution in [3.05, 3.63) is 40.4 Å². The Hall–Kier alpha value is -2.17. The molecule has 0 fully saturated rings. The molecule has 0 saturated heterocycles. The monoisotopic (exact) mass is 371 g/mol. The lowest BCUT2D eigenvalue weighted by Crippen LogP contribution is -2.41. The number of nitrogens with zero attached hydrogens (tertiary/aromatic N) is 3. The molecule has 1 atom stereocenters. The summed E-state index contributed by atoms with van der Waals surface area (Å²) in [6, 6.07) is 7.29. The molecule has 0 aliphatic carbocycles. The summed E-state index contributed by atoms with van der Waals surface area (Å²) in [6.45, 7) is 11.4. The Kier molecular flexibility index (Phi) is 7.57. The minimum atomic E-state index is -0.185. The summed E-state index contributed by atoms with van der Waals surface area (Å²) in [5, 5.41) is 0.639. The van der Waals surface area contributed by atoms with Crippen molar-refractivity contribution in [1.29, 1.82) is 0 Å². The number of unbranched alkanes of at least 4 members (excludes halogenated alkanes) is 1. The van der Waals surface area contributed by atoms with Gasteiger partial charge in [0.15, 0.2) is 0 Å². The molecule has 1 amide bonds. The van der Waals surface area contributed by atoms with Gasteiger partial charge < -0.3 is 4.90 Å². The molecule has 1 unspecified atom stereocenters. The van der Waals surface area contributed by atoms with Crippen molar-refractivity contribution in [2.45, 2.75) is 72.9 Å². The second-order valence-corrected chi connectivity index (χ2v) is 7.41. The quantitative estimate of drug-likeness (QED) is 0.650. The molecule has 5 nitrogen and oxygen atoms in total. The van der Waals surface area contributed by atoms with Gasteiger partial charge in [-0.2, -0.15) is 0 Å². The van der Waals surface area contributed by atoms with Gasteiger partial charge in [0.1, 0.15) is 5.82 Å². The number of hydrogen-bond acceptors (Lipinski definition) is 3. The Morgan fingerprint density at radius 3 is 2.44 bits per heavy atom. The van der Waals surface area contributed by atoms with E-state index in [1.807, 2.05) is 43.0 Å². The average molecular weight is 372 g/mol. The fraction of sp³-hybridized carbons (Fsp3) is 0.591. The summed E-state index contributed by atoms with van der Waals surface area (Å²) < 4.78 is 1.78. The molecule has 0 N–H and O–H groups in total. The van der Waals surface area contributed by atoms with Gasteiger partial charge in [-0.3, -0.25) is 14.2 Å². The normalized spacial score (nSPS) is 12.5. The molecule has 0 spiro atoms. The van der Waals surface area contributed by atoms with Crippen LogP contribution in [-0.4, -0.2) is 26.9 Å². The van der Waals surface area contributed by atoms with Gasteiger partial charge in [0.2, 0.25) is 5.91 Å². The lowest BCUT2D eigenvalue weighted by Gasteiger charge is -2.33. The van der Waals surface area contributed by atoms with Crippen molar-refractivity contribution in [2.75, 3.05) is 6.54 Å².